The molecule has 0 amide bonds. The van der Waals surface area contributed by atoms with E-state index in [9.17, 15) is 9.59 Å². The van der Waals surface area contributed by atoms with Crippen molar-refractivity contribution in [2.45, 2.75) is 38.3 Å². The number of hydrogen-bond acceptors (Lipinski definition) is 4. The third-order valence-electron chi connectivity index (χ3n) is 2.65. The molecule has 0 saturated heterocycles. The van der Waals surface area contributed by atoms with E-state index in [1.165, 1.54) is 0 Å². The highest BCUT2D eigenvalue weighted by molar-refractivity contribution is 5.35. The first-order valence-electron chi connectivity index (χ1n) is 4.43. The van der Waals surface area contributed by atoms with Crippen molar-refractivity contribution in [2.24, 2.45) is 15.9 Å². The zero-order chi connectivity index (χ0) is 9.68. The van der Waals surface area contributed by atoms with Gasteiger partial charge in [-0.25, -0.2) is 19.6 Å². The molecule has 0 aromatic carbocycles. The van der Waals surface area contributed by atoms with E-state index in [2.05, 4.69) is 9.98 Å². The van der Waals surface area contributed by atoms with E-state index < -0.39 is 0 Å². The third-order valence-corrected chi connectivity index (χ3v) is 2.65. The average molecular weight is 180 g/mol. The highest BCUT2D eigenvalue weighted by Gasteiger charge is 2.29. The van der Waals surface area contributed by atoms with Gasteiger partial charge in [0.15, 0.2) is 0 Å². The quantitative estimate of drug-likeness (QED) is 0.473. The Kier molecular flexibility index (Phi) is 3.56. The van der Waals surface area contributed by atoms with Gasteiger partial charge in [-0.15, -0.1) is 0 Å². The van der Waals surface area contributed by atoms with Crippen molar-refractivity contribution in [3.05, 3.63) is 0 Å². The summed E-state index contributed by atoms with van der Waals surface area (Å²) >= 11 is 0. The van der Waals surface area contributed by atoms with Gasteiger partial charge in [0.05, 0.1) is 12.1 Å². The summed E-state index contributed by atoms with van der Waals surface area (Å²) in [6, 6.07) is -0.0401. The van der Waals surface area contributed by atoms with Gasteiger partial charge in [0, 0.05) is 5.92 Å². The van der Waals surface area contributed by atoms with Crippen molar-refractivity contribution in [1.29, 1.82) is 0 Å². The van der Waals surface area contributed by atoms with E-state index in [-0.39, 0.29) is 18.0 Å². The van der Waals surface area contributed by atoms with Crippen molar-refractivity contribution in [1.82, 2.24) is 0 Å². The minimum atomic E-state index is -0.0200. The molecule has 4 nitrogen and oxygen atoms in total. The molecule has 2 unspecified atom stereocenters. The van der Waals surface area contributed by atoms with E-state index in [0.29, 0.717) is 0 Å². The monoisotopic (exact) mass is 180 g/mol. The molecule has 1 fully saturated rings. The number of hydrogen-bond donors (Lipinski definition) is 0. The van der Waals surface area contributed by atoms with Gasteiger partial charge >= 0.3 is 0 Å². The lowest BCUT2D eigenvalue weighted by atomic mass is 9.82. The maximum Gasteiger partial charge on any atom is 0.235 e. The largest absolute Gasteiger partial charge is 0.235 e. The standard InChI is InChI=1S/C9H12N2O2/c1-7-8(10-5-12)3-2-4-9(7)11-6-13/h7-9H,2-4H2,1H3/t7?,8-,9?/m1/s1. The SMILES string of the molecule is CC1C(N=C=O)CCC[C@H]1N=C=O. The lowest BCUT2D eigenvalue weighted by molar-refractivity contribution is 0.289. The molecule has 0 aromatic heterocycles. The van der Waals surface area contributed by atoms with Crippen LogP contribution in [0.3, 0.4) is 0 Å². The van der Waals surface area contributed by atoms with E-state index in [4.69, 9.17) is 0 Å². The first kappa shape index (κ1) is 9.85. The van der Waals surface area contributed by atoms with Crippen LogP contribution in [0.15, 0.2) is 9.98 Å². The Hall–Kier alpha value is -1.24. The molecule has 1 saturated carbocycles. The minimum absolute atomic E-state index is 0.0200. The second-order valence-corrected chi connectivity index (χ2v) is 3.37. The number of rotatable bonds is 2. The second-order valence-electron chi connectivity index (χ2n) is 3.37. The molecule has 0 aliphatic heterocycles. The molecule has 1 aliphatic carbocycles. The summed E-state index contributed by atoms with van der Waals surface area (Å²) in [5.74, 6) is 0.150. The maximum absolute atomic E-state index is 10.1. The lowest BCUT2D eigenvalue weighted by Gasteiger charge is -2.29. The van der Waals surface area contributed by atoms with E-state index in [1.807, 2.05) is 6.92 Å². The summed E-state index contributed by atoms with van der Waals surface area (Å²) in [5.41, 5.74) is 0. The first-order chi connectivity index (χ1) is 6.29. The van der Waals surface area contributed by atoms with Crippen molar-refractivity contribution in [2.75, 3.05) is 0 Å². The van der Waals surface area contributed by atoms with Crippen molar-refractivity contribution >= 4 is 12.2 Å². The average Bonchev–Trinajstić information content (AvgIpc) is 2.13. The minimum Gasteiger partial charge on any atom is -0.211 e. The Morgan fingerprint density at radius 1 is 1.08 bits per heavy atom. The molecule has 0 spiro atoms. The molecule has 3 atom stereocenters. The van der Waals surface area contributed by atoms with Gasteiger partial charge in [-0.05, 0) is 19.3 Å². The third kappa shape index (κ3) is 2.35. The smallest absolute Gasteiger partial charge is 0.211 e. The number of carbonyl (C=O) groups excluding carboxylic acids is 2. The highest BCUT2D eigenvalue weighted by atomic mass is 16.1. The van der Waals surface area contributed by atoms with Gasteiger partial charge in [0.2, 0.25) is 12.2 Å². The van der Waals surface area contributed by atoms with E-state index in [0.717, 1.165) is 19.3 Å². The fourth-order valence-electron chi connectivity index (χ4n) is 1.82. The molecule has 70 valence electrons. The predicted octanol–water partition coefficient (Wildman–Crippen LogP) is 1.22. The van der Waals surface area contributed by atoms with Gasteiger partial charge in [-0.3, -0.25) is 0 Å². The number of isocyanates is 2. The van der Waals surface area contributed by atoms with Crippen LogP contribution in [0.25, 0.3) is 0 Å². The van der Waals surface area contributed by atoms with Gasteiger partial charge in [-0.2, -0.15) is 0 Å². The molecule has 0 N–H and O–H groups in total. The summed E-state index contributed by atoms with van der Waals surface area (Å²) in [6.07, 6.45) is 5.87. The maximum atomic E-state index is 10.1. The zero-order valence-electron chi connectivity index (χ0n) is 7.56. The van der Waals surface area contributed by atoms with Crippen molar-refractivity contribution in [3.8, 4) is 0 Å². The van der Waals surface area contributed by atoms with Gasteiger partial charge < -0.3 is 0 Å². The number of aliphatic imine (C=N–C) groups is 2. The Morgan fingerprint density at radius 2 is 1.54 bits per heavy atom. The molecule has 4 heteroatoms. The fourth-order valence-corrected chi connectivity index (χ4v) is 1.82. The second kappa shape index (κ2) is 4.70. The number of nitrogens with zero attached hydrogens (tertiary/aromatic N) is 2. The van der Waals surface area contributed by atoms with E-state index >= 15 is 0 Å². The van der Waals surface area contributed by atoms with Crippen LogP contribution in [0.5, 0.6) is 0 Å². The lowest BCUT2D eigenvalue weighted by Crippen LogP contribution is -2.31. The topological polar surface area (TPSA) is 58.9 Å². The molecule has 0 radical (unpaired) electrons. The van der Waals surface area contributed by atoms with Crippen LogP contribution in [-0.2, 0) is 9.59 Å². The summed E-state index contributed by atoms with van der Waals surface area (Å²) in [6.45, 7) is 1.95. The van der Waals surface area contributed by atoms with Gasteiger partial charge in [0.25, 0.3) is 0 Å². The van der Waals surface area contributed by atoms with Crippen molar-refractivity contribution < 1.29 is 9.59 Å². The Bertz CT molecular complexity index is 239. The van der Waals surface area contributed by atoms with Crippen LogP contribution in [0.4, 0.5) is 0 Å². The zero-order valence-corrected chi connectivity index (χ0v) is 7.56. The molecular weight excluding hydrogens is 168 g/mol. The highest BCUT2D eigenvalue weighted by Crippen LogP contribution is 2.28. The summed E-state index contributed by atoms with van der Waals surface area (Å²) < 4.78 is 0. The van der Waals surface area contributed by atoms with Crippen molar-refractivity contribution in [3.63, 3.8) is 0 Å². The van der Waals surface area contributed by atoms with Crippen LogP contribution >= 0.6 is 0 Å². The van der Waals surface area contributed by atoms with E-state index in [1.54, 1.807) is 12.2 Å². The Labute approximate surface area is 76.8 Å². The normalized spacial score (nSPS) is 32.8. The molecular formula is C9H12N2O2. The first-order valence-corrected chi connectivity index (χ1v) is 4.43. The molecule has 0 heterocycles. The van der Waals surface area contributed by atoms with Crippen LogP contribution in [0.1, 0.15) is 26.2 Å². The Morgan fingerprint density at radius 3 is 1.92 bits per heavy atom. The molecule has 0 aromatic rings. The van der Waals surface area contributed by atoms with Crippen LogP contribution in [0.2, 0.25) is 0 Å². The predicted molar refractivity (Wildman–Crippen MR) is 46.8 cm³/mol. The summed E-state index contributed by atoms with van der Waals surface area (Å²) in [5, 5.41) is 0. The van der Waals surface area contributed by atoms with Crippen LogP contribution in [0, 0.1) is 5.92 Å². The Balaban J connectivity index is 2.70. The molecule has 1 aliphatic rings. The molecule has 0 bridgehead atoms. The summed E-state index contributed by atoms with van der Waals surface area (Å²) in [7, 11) is 0. The van der Waals surface area contributed by atoms with Crippen LogP contribution in [-0.4, -0.2) is 24.2 Å². The molecule has 1 rings (SSSR count). The molecule has 13 heavy (non-hydrogen) atoms. The van der Waals surface area contributed by atoms with Gasteiger partial charge in [0.1, 0.15) is 0 Å². The van der Waals surface area contributed by atoms with Crippen LogP contribution < -0.4 is 0 Å². The summed E-state index contributed by atoms with van der Waals surface area (Å²) in [4.78, 5) is 27.6. The fraction of sp³-hybridized carbons (Fsp3) is 0.778. The van der Waals surface area contributed by atoms with Gasteiger partial charge in [-0.1, -0.05) is 6.92 Å².